The number of carbonyl (C=O) groups excluding carboxylic acids is 2. The third-order valence-corrected chi connectivity index (χ3v) is 6.74. The van der Waals surface area contributed by atoms with Gasteiger partial charge in [0.1, 0.15) is 12.6 Å². The van der Waals surface area contributed by atoms with E-state index in [0.29, 0.717) is 34.3 Å². The zero-order valence-corrected chi connectivity index (χ0v) is 21.3. The first-order valence-electron chi connectivity index (χ1n) is 10.6. The number of anilines is 1. The van der Waals surface area contributed by atoms with Crippen LogP contribution in [0, 0.1) is 0 Å². The molecule has 1 atom stereocenters. The van der Waals surface area contributed by atoms with Crippen LogP contribution in [-0.2, 0) is 26.2 Å². The molecule has 7 nitrogen and oxygen atoms in total. The number of hydrogen-bond acceptors (Lipinski definition) is 4. The van der Waals surface area contributed by atoms with Crippen LogP contribution in [0.4, 0.5) is 5.69 Å². The smallest absolute Gasteiger partial charge is 0.244 e. The minimum atomic E-state index is -3.76. The summed E-state index contributed by atoms with van der Waals surface area (Å²) < 4.78 is 26.0. The summed E-state index contributed by atoms with van der Waals surface area (Å²) in [5, 5.41) is 3.62. The summed E-state index contributed by atoms with van der Waals surface area (Å²) in [7, 11) is -3.76. The topological polar surface area (TPSA) is 86.8 Å². The molecule has 0 aliphatic carbocycles. The first kappa shape index (κ1) is 27.0. The van der Waals surface area contributed by atoms with Crippen molar-refractivity contribution in [2.45, 2.75) is 39.3 Å². The van der Waals surface area contributed by atoms with Crippen LogP contribution >= 0.6 is 23.2 Å². The van der Waals surface area contributed by atoms with Crippen LogP contribution in [-0.4, -0.2) is 50.5 Å². The number of nitrogens with zero attached hydrogens (tertiary/aromatic N) is 2. The molecule has 2 rings (SSSR count). The Kier molecular flexibility index (Phi) is 10.0. The van der Waals surface area contributed by atoms with Crippen LogP contribution < -0.4 is 9.62 Å². The maximum absolute atomic E-state index is 13.5. The van der Waals surface area contributed by atoms with Gasteiger partial charge in [0.25, 0.3) is 0 Å². The second kappa shape index (κ2) is 12.3. The number of benzene rings is 2. The standard InChI is InChI=1S/C23H29Cl2N3O4S/c1-4-13-26-23(30)21(5-2)27(15-17-11-12-18(24)14-20(17)25)22(29)16-28(33(3,31)32)19-9-7-6-8-10-19/h6-12,14,21H,4-5,13,15-16H2,1-3H3,(H,26,30)/t21-/m0/s1. The Morgan fingerprint density at radius 1 is 1.06 bits per heavy atom. The van der Waals surface area contributed by atoms with Gasteiger partial charge in [0.15, 0.2) is 0 Å². The maximum Gasteiger partial charge on any atom is 0.244 e. The fourth-order valence-corrected chi connectivity index (χ4v) is 4.64. The van der Waals surface area contributed by atoms with Crippen LogP contribution in [0.2, 0.25) is 10.0 Å². The van der Waals surface area contributed by atoms with Crippen molar-refractivity contribution in [2.75, 3.05) is 23.7 Å². The maximum atomic E-state index is 13.5. The number of nitrogens with one attached hydrogen (secondary N) is 1. The Labute approximate surface area is 205 Å². The van der Waals surface area contributed by atoms with Crippen molar-refractivity contribution >= 4 is 50.7 Å². The fraction of sp³-hybridized carbons (Fsp3) is 0.391. The molecule has 0 spiro atoms. The molecule has 0 unspecified atom stereocenters. The van der Waals surface area contributed by atoms with Crippen LogP contribution in [0.3, 0.4) is 0 Å². The quantitative estimate of drug-likeness (QED) is 0.490. The average molecular weight is 514 g/mol. The predicted molar refractivity (Wildman–Crippen MR) is 133 cm³/mol. The first-order chi connectivity index (χ1) is 15.6. The van der Waals surface area contributed by atoms with E-state index in [1.54, 1.807) is 55.5 Å². The summed E-state index contributed by atoms with van der Waals surface area (Å²) >= 11 is 12.3. The molecule has 0 aromatic heterocycles. The van der Waals surface area contributed by atoms with Gasteiger partial charge in [-0.25, -0.2) is 8.42 Å². The Morgan fingerprint density at radius 3 is 2.27 bits per heavy atom. The van der Waals surface area contributed by atoms with Gasteiger partial charge in [-0.15, -0.1) is 0 Å². The van der Waals surface area contributed by atoms with Crippen molar-refractivity contribution < 1.29 is 18.0 Å². The van der Waals surface area contributed by atoms with E-state index in [1.807, 2.05) is 6.92 Å². The molecule has 0 saturated carbocycles. The van der Waals surface area contributed by atoms with Crippen LogP contribution in [0.15, 0.2) is 48.5 Å². The molecule has 0 fully saturated rings. The van der Waals surface area contributed by atoms with E-state index in [1.165, 1.54) is 4.90 Å². The number of rotatable bonds is 11. The molecule has 1 N–H and O–H groups in total. The molecule has 10 heteroatoms. The predicted octanol–water partition coefficient (Wildman–Crippen LogP) is 4.09. The summed E-state index contributed by atoms with van der Waals surface area (Å²) in [5.74, 6) is -0.822. The SMILES string of the molecule is CCCNC(=O)[C@H](CC)N(Cc1ccc(Cl)cc1Cl)C(=O)CN(c1ccccc1)S(C)(=O)=O. The van der Waals surface area contributed by atoms with Crippen molar-refractivity contribution in [3.05, 3.63) is 64.1 Å². The molecule has 2 amide bonds. The summed E-state index contributed by atoms with van der Waals surface area (Å²) in [5.41, 5.74) is 0.961. The van der Waals surface area contributed by atoms with Crippen LogP contribution in [0.5, 0.6) is 0 Å². The van der Waals surface area contributed by atoms with Crippen molar-refractivity contribution in [1.29, 1.82) is 0 Å². The van der Waals surface area contributed by atoms with Crippen molar-refractivity contribution in [3.8, 4) is 0 Å². The van der Waals surface area contributed by atoms with Gasteiger partial charge in [-0.1, -0.05) is 61.3 Å². The number of halogens is 2. The lowest BCUT2D eigenvalue weighted by atomic mass is 10.1. The zero-order chi connectivity index (χ0) is 24.6. The second-order valence-corrected chi connectivity index (χ2v) is 10.3. The highest BCUT2D eigenvalue weighted by Gasteiger charge is 2.31. The van der Waals surface area contributed by atoms with Gasteiger partial charge in [0.05, 0.1) is 11.9 Å². The Bertz CT molecular complexity index is 1060. The normalized spacial score (nSPS) is 12.2. The van der Waals surface area contributed by atoms with Gasteiger partial charge in [-0.2, -0.15) is 0 Å². The first-order valence-corrected chi connectivity index (χ1v) is 13.2. The Hall–Kier alpha value is -2.29. The molecule has 0 aliphatic heterocycles. The second-order valence-electron chi connectivity index (χ2n) is 7.58. The van der Waals surface area contributed by atoms with E-state index in [4.69, 9.17) is 23.2 Å². The van der Waals surface area contributed by atoms with Gasteiger partial charge in [-0.3, -0.25) is 13.9 Å². The van der Waals surface area contributed by atoms with E-state index in [0.717, 1.165) is 17.0 Å². The molecular formula is C23H29Cl2N3O4S. The highest BCUT2D eigenvalue weighted by Crippen LogP contribution is 2.24. The van der Waals surface area contributed by atoms with Gasteiger partial charge in [-0.05, 0) is 42.7 Å². The minimum Gasteiger partial charge on any atom is -0.354 e. The van der Waals surface area contributed by atoms with Gasteiger partial charge in [0, 0.05) is 23.1 Å². The largest absolute Gasteiger partial charge is 0.354 e. The minimum absolute atomic E-state index is 0.0271. The molecule has 0 saturated heterocycles. The van der Waals surface area contributed by atoms with Crippen LogP contribution in [0.1, 0.15) is 32.3 Å². The molecule has 180 valence electrons. The van der Waals surface area contributed by atoms with E-state index in [-0.39, 0.29) is 12.5 Å². The lowest BCUT2D eigenvalue weighted by Crippen LogP contribution is -2.52. The van der Waals surface area contributed by atoms with E-state index < -0.39 is 28.5 Å². The van der Waals surface area contributed by atoms with Crippen molar-refractivity contribution in [1.82, 2.24) is 10.2 Å². The van der Waals surface area contributed by atoms with Gasteiger partial charge < -0.3 is 10.2 Å². The third-order valence-electron chi connectivity index (χ3n) is 5.01. The van der Waals surface area contributed by atoms with Crippen LogP contribution in [0.25, 0.3) is 0 Å². The fourth-order valence-electron chi connectivity index (χ4n) is 3.33. The van der Waals surface area contributed by atoms with E-state index in [9.17, 15) is 18.0 Å². The lowest BCUT2D eigenvalue weighted by molar-refractivity contribution is -0.140. The summed E-state index contributed by atoms with van der Waals surface area (Å²) in [6.45, 7) is 3.77. The highest BCUT2D eigenvalue weighted by atomic mass is 35.5. The number of carbonyl (C=O) groups is 2. The molecule has 2 aromatic rings. The summed E-state index contributed by atoms with van der Waals surface area (Å²) in [6, 6.07) is 12.5. The molecular weight excluding hydrogens is 485 g/mol. The molecule has 0 heterocycles. The molecule has 0 radical (unpaired) electrons. The van der Waals surface area contributed by atoms with E-state index in [2.05, 4.69) is 5.32 Å². The third kappa shape index (κ3) is 7.62. The number of amides is 2. The Morgan fingerprint density at radius 2 is 1.73 bits per heavy atom. The zero-order valence-electron chi connectivity index (χ0n) is 18.9. The van der Waals surface area contributed by atoms with Gasteiger partial charge in [0.2, 0.25) is 21.8 Å². The number of para-hydroxylation sites is 1. The molecule has 2 aromatic carbocycles. The summed E-state index contributed by atoms with van der Waals surface area (Å²) in [6.07, 6.45) is 2.13. The molecule has 33 heavy (non-hydrogen) atoms. The summed E-state index contributed by atoms with van der Waals surface area (Å²) in [4.78, 5) is 27.8. The highest BCUT2D eigenvalue weighted by molar-refractivity contribution is 7.92. The molecule has 0 bridgehead atoms. The average Bonchev–Trinajstić information content (AvgIpc) is 2.76. The molecule has 0 aliphatic rings. The number of hydrogen-bond donors (Lipinski definition) is 1. The van der Waals surface area contributed by atoms with Gasteiger partial charge >= 0.3 is 0 Å². The van der Waals surface area contributed by atoms with Crippen molar-refractivity contribution in [3.63, 3.8) is 0 Å². The lowest BCUT2D eigenvalue weighted by Gasteiger charge is -2.33. The van der Waals surface area contributed by atoms with E-state index >= 15 is 0 Å². The Balaban J connectivity index is 2.43. The monoisotopic (exact) mass is 513 g/mol. The number of sulfonamides is 1. The van der Waals surface area contributed by atoms with Crippen molar-refractivity contribution in [2.24, 2.45) is 0 Å².